The molecule has 0 aliphatic carbocycles. The van der Waals surface area contributed by atoms with Gasteiger partial charge in [0.2, 0.25) is 0 Å². The number of nitrogens with zero attached hydrogens (tertiary/aromatic N) is 2. The first-order valence-corrected chi connectivity index (χ1v) is 9.60. The molecule has 134 valence electrons. The van der Waals surface area contributed by atoms with Crippen molar-refractivity contribution < 1.29 is 0 Å². The van der Waals surface area contributed by atoms with Crippen LogP contribution in [0.5, 0.6) is 0 Å². The Labute approximate surface area is 167 Å². The highest BCUT2D eigenvalue weighted by atomic mass is 79.9. The molecule has 0 atom stereocenters. The lowest BCUT2D eigenvalue weighted by Gasteiger charge is -2.12. The van der Waals surface area contributed by atoms with Crippen LogP contribution in [-0.2, 0) is 0 Å². The second-order valence-corrected chi connectivity index (χ2v) is 7.54. The zero-order valence-electron chi connectivity index (χ0n) is 15.3. The molecule has 1 heterocycles. The monoisotopic (exact) mass is 417 g/mol. The quantitative estimate of drug-likeness (QED) is 0.426. The van der Waals surface area contributed by atoms with Gasteiger partial charge in [-0.3, -0.25) is 0 Å². The maximum absolute atomic E-state index is 4.94. The normalized spacial score (nSPS) is 10.8. The topological polar surface area (TPSA) is 31.9 Å². The Morgan fingerprint density at radius 3 is 2.00 bits per heavy atom. The first-order chi connectivity index (χ1) is 13.1. The molecule has 1 N–H and O–H groups in total. The van der Waals surface area contributed by atoms with E-state index in [0.717, 1.165) is 38.4 Å². The highest BCUT2D eigenvalue weighted by Crippen LogP contribution is 2.33. The lowest BCUT2D eigenvalue weighted by atomic mass is 10.1. The first kappa shape index (κ1) is 17.6. The fraction of sp³-hybridized carbons (Fsp3) is 0.0870. The summed E-state index contributed by atoms with van der Waals surface area (Å²) in [5.41, 5.74) is 6.44. The molecule has 0 spiro atoms. The molecule has 27 heavy (non-hydrogen) atoms. The van der Waals surface area contributed by atoms with Crippen LogP contribution in [0, 0.1) is 0 Å². The second-order valence-electron chi connectivity index (χ2n) is 6.62. The van der Waals surface area contributed by atoms with Gasteiger partial charge in [0.15, 0.2) is 0 Å². The van der Waals surface area contributed by atoms with E-state index in [0.29, 0.717) is 0 Å². The van der Waals surface area contributed by atoms with Crippen LogP contribution < -0.4 is 4.90 Å². The van der Waals surface area contributed by atoms with Gasteiger partial charge in [0.05, 0.1) is 11.4 Å². The van der Waals surface area contributed by atoms with Gasteiger partial charge in [-0.1, -0.05) is 58.4 Å². The van der Waals surface area contributed by atoms with Crippen LogP contribution >= 0.6 is 15.9 Å². The number of hydrogen-bond acceptors (Lipinski definition) is 2. The molecule has 4 heteroatoms. The van der Waals surface area contributed by atoms with E-state index in [1.54, 1.807) is 0 Å². The van der Waals surface area contributed by atoms with Gasteiger partial charge >= 0.3 is 0 Å². The number of benzene rings is 3. The fourth-order valence-electron chi connectivity index (χ4n) is 3.06. The summed E-state index contributed by atoms with van der Waals surface area (Å²) in [5.74, 6) is 0.872. The van der Waals surface area contributed by atoms with Gasteiger partial charge in [-0.15, -0.1) is 0 Å². The Balaban J connectivity index is 1.83. The van der Waals surface area contributed by atoms with E-state index in [-0.39, 0.29) is 0 Å². The van der Waals surface area contributed by atoms with E-state index in [1.165, 1.54) is 5.69 Å². The van der Waals surface area contributed by atoms with E-state index in [2.05, 4.69) is 86.5 Å². The van der Waals surface area contributed by atoms with Gasteiger partial charge in [-0.25, -0.2) is 4.98 Å². The van der Waals surface area contributed by atoms with Crippen LogP contribution in [0.1, 0.15) is 0 Å². The van der Waals surface area contributed by atoms with Gasteiger partial charge in [-0.05, 0) is 36.4 Å². The highest BCUT2D eigenvalue weighted by molar-refractivity contribution is 9.10. The van der Waals surface area contributed by atoms with Crippen molar-refractivity contribution >= 4 is 21.6 Å². The number of aromatic nitrogens is 2. The van der Waals surface area contributed by atoms with E-state index >= 15 is 0 Å². The van der Waals surface area contributed by atoms with E-state index < -0.39 is 0 Å². The predicted octanol–water partition coefficient (Wildman–Crippen LogP) is 6.24. The average Bonchev–Trinajstić information content (AvgIpc) is 3.15. The lowest BCUT2D eigenvalue weighted by molar-refractivity contribution is 1.13. The number of rotatable bonds is 4. The molecule has 0 unspecified atom stereocenters. The third-order valence-electron chi connectivity index (χ3n) is 4.54. The summed E-state index contributed by atoms with van der Waals surface area (Å²) in [6.07, 6.45) is 0. The van der Waals surface area contributed by atoms with Crippen molar-refractivity contribution in [3.63, 3.8) is 0 Å². The molecule has 4 aromatic rings. The molecule has 1 aromatic heterocycles. The average molecular weight is 418 g/mol. The largest absolute Gasteiger partial charge is 0.378 e. The zero-order valence-corrected chi connectivity index (χ0v) is 16.9. The van der Waals surface area contributed by atoms with Crippen LogP contribution in [0.2, 0.25) is 0 Å². The number of imidazole rings is 1. The van der Waals surface area contributed by atoms with E-state index in [4.69, 9.17) is 4.98 Å². The number of nitrogens with one attached hydrogen (secondary N) is 1. The number of halogens is 1. The third-order valence-corrected chi connectivity index (χ3v) is 5.07. The zero-order chi connectivity index (χ0) is 18.8. The molecule has 0 bridgehead atoms. The van der Waals surface area contributed by atoms with Crippen molar-refractivity contribution in [1.29, 1.82) is 0 Å². The predicted molar refractivity (Wildman–Crippen MR) is 117 cm³/mol. The van der Waals surface area contributed by atoms with Crippen molar-refractivity contribution in [3.8, 4) is 33.9 Å². The van der Waals surface area contributed by atoms with E-state index in [1.807, 2.05) is 32.3 Å². The van der Waals surface area contributed by atoms with Crippen LogP contribution in [-0.4, -0.2) is 24.1 Å². The Kier molecular flexibility index (Phi) is 4.82. The molecule has 0 amide bonds. The Morgan fingerprint density at radius 2 is 1.37 bits per heavy atom. The van der Waals surface area contributed by atoms with Crippen molar-refractivity contribution in [2.75, 3.05) is 19.0 Å². The Bertz CT molecular complexity index is 1030. The summed E-state index contributed by atoms with van der Waals surface area (Å²) >= 11 is 3.51. The number of aromatic amines is 1. The maximum atomic E-state index is 4.94. The van der Waals surface area contributed by atoms with Gasteiger partial charge < -0.3 is 9.88 Å². The first-order valence-electron chi connectivity index (χ1n) is 8.81. The molecule has 0 fully saturated rings. The molecule has 3 nitrogen and oxygen atoms in total. The smallest absolute Gasteiger partial charge is 0.138 e. The van der Waals surface area contributed by atoms with Crippen LogP contribution in [0.15, 0.2) is 83.3 Å². The third kappa shape index (κ3) is 3.67. The summed E-state index contributed by atoms with van der Waals surface area (Å²) in [5, 5.41) is 0. The molecule has 0 radical (unpaired) electrons. The van der Waals surface area contributed by atoms with Gasteiger partial charge in [0.1, 0.15) is 5.82 Å². The minimum atomic E-state index is 0.872. The number of anilines is 1. The molecule has 0 saturated carbocycles. The standard InChI is InChI=1S/C23H20BrN3/c1-27(2)20-14-10-18(11-15-20)23-25-21(16-6-4-3-5-7-16)22(26-23)17-8-12-19(24)13-9-17/h3-15H,1-2H3,(H,25,26). The molecule has 3 aromatic carbocycles. The summed E-state index contributed by atoms with van der Waals surface area (Å²) < 4.78 is 1.06. The number of hydrogen-bond donors (Lipinski definition) is 1. The summed E-state index contributed by atoms with van der Waals surface area (Å²) in [4.78, 5) is 10.6. The van der Waals surface area contributed by atoms with Gasteiger partial charge in [-0.2, -0.15) is 0 Å². The minimum Gasteiger partial charge on any atom is -0.378 e. The van der Waals surface area contributed by atoms with Crippen molar-refractivity contribution in [3.05, 3.63) is 83.3 Å². The summed E-state index contributed by atoms with van der Waals surface area (Å²) in [7, 11) is 4.09. The molecule has 0 aliphatic rings. The van der Waals surface area contributed by atoms with Gasteiger partial charge in [0, 0.05) is 40.9 Å². The second kappa shape index (κ2) is 7.41. The summed E-state index contributed by atoms with van der Waals surface area (Å²) in [6, 6.07) is 27.0. The molecular formula is C23H20BrN3. The van der Waals surface area contributed by atoms with Crippen molar-refractivity contribution in [1.82, 2.24) is 9.97 Å². The van der Waals surface area contributed by atoms with Crippen LogP contribution in [0.4, 0.5) is 5.69 Å². The lowest BCUT2D eigenvalue weighted by Crippen LogP contribution is -2.07. The molecular weight excluding hydrogens is 398 g/mol. The van der Waals surface area contributed by atoms with Gasteiger partial charge in [0.25, 0.3) is 0 Å². The van der Waals surface area contributed by atoms with Crippen LogP contribution in [0.3, 0.4) is 0 Å². The molecule has 0 saturated heterocycles. The molecule has 0 aliphatic heterocycles. The Morgan fingerprint density at radius 1 is 0.741 bits per heavy atom. The van der Waals surface area contributed by atoms with Crippen molar-refractivity contribution in [2.45, 2.75) is 0 Å². The fourth-order valence-corrected chi connectivity index (χ4v) is 3.32. The summed E-state index contributed by atoms with van der Waals surface area (Å²) in [6.45, 7) is 0. The highest BCUT2D eigenvalue weighted by Gasteiger charge is 2.15. The SMILES string of the molecule is CN(C)c1ccc(-c2nc(-c3ccccc3)c(-c3ccc(Br)cc3)[nH]2)cc1. The van der Waals surface area contributed by atoms with E-state index in [9.17, 15) is 0 Å². The minimum absolute atomic E-state index is 0.872. The molecule has 4 rings (SSSR count). The van der Waals surface area contributed by atoms with Crippen molar-refractivity contribution in [2.24, 2.45) is 0 Å². The number of H-pyrrole nitrogens is 1. The van der Waals surface area contributed by atoms with Crippen LogP contribution in [0.25, 0.3) is 33.9 Å². The maximum Gasteiger partial charge on any atom is 0.138 e. The Hall–Kier alpha value is -2.85.